The van der Waals surface area contributed by atoms with E-state index in [0.29, 0.717) is 22.8 Å². The van der Waals surface area contributed by atoms with Crippen LogP contribution in [-0.4, -0.2) is 50.5 Å². The molecular weight excluding hydrogens is 518 g/mol. The van der Waals surface area contributed by atoms with Crippen molar-refractivity contribution in [1.82, 2.24) is 10.2 Å². The fourth-order valence-electron chi connectivity index (χ4n) is 3.18. The molecule has 1 N–H and O–H groups in total. The van der Waals surface area contributed by atoms with Gasteiger partial charge in [0.25, 0.3) is 0 Å². The Labute approximate surface area is 202 Å². The van der Waals surface area contributed by atoms with Crippen molar-refractivity contribution in [3.8, 4) is 0 Å². The normalized spacial score (nSPS) is 12.2. The number of halogens is 2. The Kier molecular flexibility index (Phi) is 9.12. The minimum absolute atomic E-state index is 0.154. The Balaban J connectivity index is 2.40. The van der Waals surface area contributed by atoms with Crippen molar-refractivity contribution in [3.63, 3.8) is 0 Å². The lowest BCUT2D eigenvalue weighted by molar-refractivity contribution is -0.139. The molecule has 0 fully saturated rings. The van der Waals surface area contributed by atoms with E-state index in [1.807, 2.05) is 24.3 Å². The van der Waals surface area contributed by atoms with E-state index < -0.39 is 28.5 Å². The highest BCUT2D eigenvalue weighted by atomic mass is 79.9. The first-order chi connectivity index (χ1) is 14.9. The van der Waals surface area contributed by atoms with Crippen molar-refractivity contribution in [1.29, 1.82) is 0 Å². The zero-order valence-electron chi connectivity index (χ0n) is 18.4. The second-order valence-electron chi connectivity index (χ2n) is 7.42. The van der Waals surface area contributed by atoms with Crippen LogP contribution in [0, 0.1) is 6.92 Å². The predicted octanol–water partition coefficient (Wildman–Crippen LogP) is 3.73. The molecule has 2 aromatic carbocycles. The quantitative estimate of drug-likeness (QED) is 0.521. The molecule has 1 atom stereocenters. The minimum atomic E-state index is -3.78. The summed E-state index contributed by atoms with van der Waals surface area (Å²) in [6, 6.07) is 11.3. The van der Waals surface area contributed by atoms with Crippen LogP contribution in [0.1, 0.15) is 25.0 Å². The standard InChI is InChI=1S/C22H27BrClN3O4S/c1-5-25-22(29)16(3)26(13-17-6-8-18(23)9-7-17)21(28)14-27(32(4,30)31)20-11-10-19(24)12-15(20)2/h6-12,16H,5,13-14H2,1-4H3,(H,25,29)/t16-/m1/s1. The van der Waals surface area contributed by atoms with Crippen molar-refractivity contribution >= 4 is 55.1 Å². The molecule has 0 saturated heterocycles. The van der Waals surface area contributed by atoms with Crippen LogP contribution in [0.3, 0.4) is 0 Å². The molecule has 2 amide bonds. The topological polar surface area (TPSA) is 86.8 Å². The van der Waals surface area contributed by atoms with Gasteiger partial charge in [-0.05, 0) is 62.2 Å². The molecule has 2 rings (SSSR count). The van der Waals surface area contributed by atoms with Crippen molar-refractivity contribution in [2.75, 3.05) is 23.7 Å². The van der Waals surface area contributed by atoms with Gasteiger partial charge in [-0.3, -0.25) is 13.9 Å². The number of rotatable bonds is 9. The Morgan fingerprint density at radius 3 is 2.31 bits per heavy atom. The summed E-state index contributed by atoms with van der Waals surface area (Å²) in [5, 5.41) is 3.18. The molecule has 32 heavy (non-hydrogen) atoms. The summed E-state index contributed by atoms with van der Waals surface area (Å²) in [4.78, 5) is 27.3. The molecule has 0 aromatic heterocycles. The number of hydrogen-bond acceptors (Lipinski definition) is 4. The molecule has 0 radical (unpaired) electrons. The first kappa shape index (κ1) is 26.2. The Hall–Kier alpha value is -2.10. The number of aryl methyl sites for hydroxylation is 1. The van der Waals surface area contributed by atoms with E-state index in [1.54, 1.807) is 39.0 Å². The number of anilines is 1. The highest BCUT2D eigenvalue weighted by Crippen LogP contribution is 2.26. The highest BCUT2D eigenvalue weighted by molar-refractivity contribution is 9.10. The number of carbonyl (C=O) groups excluding carboxylic acids is 2. The average Bonchev–Trinajstić information content (AvgIpc) is 2.71. The summed E-state index contributed by atoms with van der Waals surface area (Å²) in [7, 11) is -3.78. The van der Waals surface area contributed by atoms with Crippen molar-refractivity contribution in [3.05, 3.63) is 63.1 Å². The monoisotopic (exact) mass is 543 g/mol. The van der Waals surface area contributed by atoms with Crippen molar-refractivity contribution in [2.45, 2.75) is 33.4 Å². The number of nitrogens with one attached hydrogen (secondary N) is 1. The fraction of sp³-hybridized carbons (Fsp3) is 0.364. The summed E-state index contributed by atoms with van der Waals surface area (Å²) in [6.45, 7) is 5.27. The van der Waals surface area contributed by atoms with E-state index in [1.165, 1.54) is 4.90 Å². The zero-order valence-corrected chi connectivity index (χ0v) is 21.6. The SMILES string of the molecule is CCNC(=O)[C@@H](C)N(Cc1ccc(Br)cc1)C(=O)CN(c1ccc(Cl)cc1C)S(C)(=O)=O. The van der Waals surface area contributed by atoms with E-state index in [-0.39, 0.29) is 12.5 Å². The van der Waals surface area contributed by atoms with Gasteiger partial charge >= 0.3 is 0 Å². The van der Waals surface area contributed by atoms with Crippen molar-refractivity contribution < 1.29 is 18.0 Å². The first-order valence-corrected chi connectivity index (χ1v) is 13.0. The predicted molar refractivity (Wildman–Crippen MR) is 131 cm³/mol. The molecule has 2 aromatic rings. The van der Waals surface area contributed by atoms with Crippen LogP contribution < -0.4 is 9.62 Å². The molecule has 7 nitrogen and oxygen atoms in total. The van der Waals surface area contributed by atoms with Crippen LogP contribution in [0.5, 0.6) is 0 Å². The number of carbonyl (C=O) groups is 2. The zero-order chi connectivity index (χ0) is 24.1. The summed E-state index contributed by atoms with van der Waals surface area (Å²) in [5.41, 5.74) is 1.79. The maximum absolute atomic E-state index is 13.4. The second-order valence-corrected chi connectivity index (χ2v) is 10.7. The molecule has 0 heterocycles. The lowest BCUT2D eigenvalue weighted by Crippen LogP contribution is -2.51. The Morgan fingerprint density at radius 1 is 1.16 bits per heavy atom. The number of hydrogen-bond donors (Lipinski definition) is 1. The van der Waals surface area contributed by atoms with Gasteiger partial charge < -0.3 is 10.2 Å². The van der Waals surface area contributed by atoms with Gasteiger partial charge in [0.05, 0.1) is 11.9 Å². The van der Waals surface area contributed by atoms with E-state index in [0.717, 1.165) is 20.6 Å². The molecule has 10 heteroatoms. The van der Waals surface area contributed by atoms with Gasteiger partial charge in [0.2, 0.25) is 21.8 Å². The van der Waals surface area contributed by atoms with Gasteiger partial charge in [-0.25, -0.2) is 8.42 Å². The number of benzene rings is 2. The highest BCUT2D eigenvalue weighted by Gasteiger charge is 2.30. The van der Waals surface area contributed by atoms with Crippen LogP contribution in [0.25, 0.3) is 0 Å². The van der Waals surface area contributed by atoms with E-state index >= 15 is 0 Å². The first-order valence-electron chi connectivity index (χ1n) is 9.99. The number of sulfonamides is 1. The Morgan fingerprint density at radius 2 is 1.78 bits per heavy atom. The largest absolute Gasteiger partial charge is 0.355 e. The van der Waals surface area contributed by atoms with Crippen molar-refractivity contribution in [2.24, 2.45) is 0 Å². The van der Waals surface area contributed by atoms with Gasteiger partial charge in [-0.15, -0.1) is 0 Å². The molecule has 0 aliphatic rings. The van der Waals surface area contributed by atoms with Gasteiger partial charge in [0.1, 0.15) is 12.6 Å². The fourth-order valence-corrected chi connectivity index (χ4v) is 4.58. The molecular formula is C22H27BrClN3O4S. The molecule has 174 valence electrons. The van der Waals surface area contributed by atoms with Crippen LogP contribution in [0.2, 0.25) is 5.02 Å². The molecule has 0 spiro atoms. The van der Waals surface area contributed by atoms with E-state index in [9.17, 15) is 18.0 Å². The number of likely N-dealkylation sites (N-methyl/N-ethyl adjacent to an activating group) is 1. The maximum Gasteiger partial charge on any atom is 0.244 e. The van der Waals surface area contributed by atoms with Crippen LogP contribution in [-0.2, 0) is 26.2 Å². The third kappa shape index (κ3) is 6.95. The van der Waals surface area contributed by atoms with Gasteiger partial charge in [-0.2, -0.15) is 0 Å². The minimum Gasteiger partial charge on any atom is -0.355 e. The lowest BCUT2D eigenvalue weighted by atomic mass is 10.1. The lowest BCUT2D eigenvalue weighted by Gasteiger charge is -2.31. The number of amides is 2. The summed E-state index contributed by atoms with van der Waals surface area (Å²) in [6.07, 6.45) is 1.04. The molecule has 0 unspecified atom stereocenters. The molecule has 0 bridgehead atoms. The average molecular weight is 545 g/mol. The van der Waals surface area contributed by atoms with E-state index in [4.69, 9.17) is 11.6 Å². The number of nitrogens with zero attached hydrogens (tertiary/aromatic N) is 2. The summed E-state index contributed by atoms with van der Waals surface area (Å²) in [5.74, 6) is -0.807. The summed E-state index contributed by atoms with van der Waals surface area (Å²) >= 11 is 9.39. The smallest absolute Gasteiger partial charge is 0.244 e. The molecule has 0 saturated carbocycles. The van der Waals surface area contributed by atoms with Gasteiger partial charge in [-0.1, -0.05) is 39.7 Å². The second kappa shape index (κ2) is 11.2. The van der Waals surface area contributed by atoms with Crippen LogP contribution in [0.15, 0.2) is 46.9 Å². The van der Waals surface area contributed by atoms with E-state index in [2.05, 4.69) is 21.2 Å². The molecule has 0 aliphatic heterocycles. The van der Waals surface area contributed by atoms with Gasteiger partial charge in [0, 0.05) is 22.6 Å². The summed E-state index contributed by atoms with van der Waals surface area (Å²) < 4.78 is 27.1. The van der Waals surface area contributed by atoms with Crippen LogP contribution >= 0.6 is 27.5 Å². The van der Waals surface area contributed by atoms with Crippen LogP contribution in [0.4, 0.5) is 5.69 Å². The third-order valence-corrected chi connectivity index (χ3v) is 6.78. The van der Waals surface area contributed by atoms with Gasteiger partial charge in [0.15, 0.2) is 0 Å². The molecule has 0 aliphatic carbocycles. The third-order valence-electron chi connectivity index (χ3n) is 4.89. The Bertz CT molecular complexity index is 1080. The maximum atomic E-state index is 13.4.